The van der Waals surface area contributed by atoms with Crippen molar-refractivity contribution in [2.75, 3.05) is 11.9 Å². The first-order valence-electron chi connectivity index (χ1n) is 8.33. The Kier molecular flexibility index (Phi) is 4.94. The first kappa shape index (κ1) is 16.2. The van der Waals surface area contributed by atoms with Crippen LogP contribution in [0.2, 0.25) is 0 Å². The van der Waals surface area contributed by atoms with Crippen molar-refractivity contribution in [3.8, 4) is 0 Å². The van der Waals surface area contributed by atoms with Gasteiger partial charge in [0.05, 0.1) is 5.92 Å². The summed E-state index contributed by atoms with van der Waals surface area (Å²) >= 11 is 0. The minimum absolute atomic E-state index is 0.154. The Labute approximate surface area is 142 Å². The summed E-state index contributed by atoms with van der Waals surface area (Å²) in [4.78, 5) is 22.9. The lowest BCUT2D eigenvalue weighted by molar-refractivity contribution is -0.125. The molecule has 0 aliphatic carbocycles. The summed E-state index contributed by atoms with van der Waals surface area (Å²) in [5, 5.41) is 5.80. The molecule has 3 rings (SSSR count). The molecule has 2 aromatic carbocycles. The van der Waals surface area contributed by atoms with Crippen molar-refractivity contribution in [1.29, 1.82) is 0 Å². The van der Waals surface area contributed by atoms with E-state index in [0.29, 0.717) is 18.8 Å². The first-order valence-corrected chi connectivity index (χ1v) is 8.33. The second-order valence-electron chi connectivity index (χ2n) is 6.41. The van der Waals surface area contributed by atoms with Crippen LogP contribution < -0.4 is 10.6 Å². The average Bonchev–Trinajstić information content (AvgIpc) is 2.92. The molecule has 1 saturated heterocycles. The molecule has 0 saturated carbocycles. The van der Waals surface area contributed by atoms with E-state index in [0.717, 1.165) is 17.8 Å². The fraction of sp³-hybridized carbons (Fsp3) is 0.300. The zero-order chi connectivity index (χ0) is 16.9. The third-order valence-corrected chi connectivity index (χ3v) is 4.48. The van der Waals surface area contributed by atoms with Gasteiger partial charge in [-0.1, -0.05) is 49.4 Å². The van der Waals surface area contributed by atoms with Crippen LogP contribution in [0.1, 0.15) is 30.4 Å². The molecule has 1 heterocycles. The van der Waals surface area contributed by atoms with E-state index >= 15 is 0 Å². The van der Waals surface area contributed by atoms with E-state index in [1.807, 2.05) is 30.3 Å². The van der Waals surface area contributed by atoms with E-state index in [4.69, 9.17) is 0 Å². The summed E-state index contributed by atoms with van der Waals surface area (Å²) in [6.07, 6.45) is 0.908. The largest absolute Gasteiger partial charge is 0.384 e. The lowest BCUT2D eigenvalue weighted by Crippen LogP contribution is -2.22. The second kappa shape index (κ2) is 7.30. The van der Waals surface area contributed by atoms with Crippen LogP contribution in [0, 0.1) is 5.92 Å². The minimum Gasteiger partial charge on any atom is -0.384 e. The molecule has 2 aromatic rings. The highest BCUT2D eigenvalue weighted by atomic mass is 16.2. The smallest absolute Gasteiger partial charge is 0.230 e. The van der Waals surface area contributed by atoms with Crippen molar-refractivity contribution in [3.63, 3.8) is 0 Å². The Morgan fingerprint density at radius 3 is 2.42 bits per heavy atom. The molecule has 4 nitrogen and oxygen atoms in total. The zero-order valence-corrected chi connectivity index (χ0v) is 13.8. The van der Waals surface area contributed by atoms with Gasteiger partial charge in [0.25, 0.3) is 0 Å². The molecule has 0 bridgehead atoms. The summed E-state index contributed by atoms with van der Waals surface area (Å²) in [6, 6.07) is 18.5. The zero-order valence-electron chi connectivity index (χ0n) is 13.8. The van der Waals surface area contributed by atoms with E-state index in [1.54, 1.807) is 0 Å². The number of hydrogen-bond acceptors (Lipinski definition) is 3. The fourth-order valence-corrected chi connectivity index (χ4v) is 2.99. The molecule has 4 heteroatoms. The highest BCUT2D eigenvalue weighted by Gasteiger charge is 2.30. The van der Waals surface area contributed by atoms with E-state index < -0.39 is 0 Å². The topological polar surface area (TPSA) is 58.2 Å². The summed E-state index contributed by atoms with van der Waals surface area (Å²) in [7, 11) is 0. The average molecular weight is 322 g/mol. The van der Waals surface area contributed by atoms with Gasteiger partial charge in [0.2, 0.25) is 11.8 Å². The normalized spacial score (nSPS) is 18.3. The van der Waals surface area contributed by atoms with Crippen LogP contribution in [-0.2, 0) is 16.0 Å². The monoisotopic (exact) mass is 322 g/mol. The number of hydrogen-bond donors (Lipinski definition) is 2. The van der Waals surface area contributed by atoms with Gasteiger partial charge in [0.1, 0.15) is 0 Å². The second-order valence-corrected chi connectivity index (χ2v) is 6.41. The van der Waals surface area contributed by atoms with Crippen molar-refractivity contribution < 1.29 is 9.59 Å². The van der Waals surface area contributed by atoms with Crippen LogP contribution in [-0.4, -0.2) is 18.4 Å². The lowest BCUT2D eigenvalue weighted by atomic mass is 9.97. The predicted octanol–water partition coefficient (Wildman–Crippen LogP) is 3.11. The molecule has 24 heavy (non-hydrogen) atoms. The Hall–Kier alpha value is -2.62. The lowest BCUT2D eigenvalue weighted by Gasteiger charge is -2.14. The van der Waals surface area contributed by atoms with Crippen LogP contribution >= 0.6 is 0 Å². The number of nitrogens with one attached hydrogen (secondary N) is 2. The molecule has 1 fully saturated rings. The number of benzene rings is 2. The van der Waals surface area contributed by atoms with E-state index in [-0.39, 0.29) is 17.7 Å². The maximum absolute atomic E-state index is 11.6. The fourth-order valence-electron chi connectivity index (χ4n) is 2.99. The SMILES string of the molecule is C[C@H](CNc1ccc(C[C@@H]2CC(=O)NC2=O)cc1)c1ccccc1. The Bertz CT molecular complexity index is 710. The molecular formula is C20H22N2O2. The molecule has 0 aromatic heterocycles. The van der Waals surface area contributed by atoms with Crippen molar-refractivity contribution in [3.05, 3.63) is 65.7 Å². The molecule has 124 valence electrons. The van der Waals surface area contributed by atoms with Crippen LogP contribution in [0.3, 0.4) is 0 Å². The number of carbonyl (C=O) groups is 2. The minimum atomic E-state index is -0.227. The molecular weight excluding hydrogens is 300 g/mol. The third kappa shape index (κ3) is 4.02. The number of anilines is 1. The predicted molar refractivity (Wildman–Crippen MR) is 94.7 cm³/mol. The first-order chi connectivity index (χ1) is 11.6. The van der Waals surface area contributed by atoms with E-state index in [1.165, 1.54) is 5.56 Å². The van der Waals surface area contributed by atoms with Gasteiger partial charge in [0.15, 0.2) is 0 Å². The number of carbonyl (C=O) groups excluding carboxylic acids is 2. The van der Waals surface area contributed by atoms with Gasteiger partial charge in [-0.05, 0) is 35.6 Å². The van der Waals surface area contributed by atoms with Crippen molar-refractivity contribution in [2.45, 2.75) is 25.7 Å². The van der Waals surface area contributed by atoms with Crippen molar-refractivity contribution in [1.82, 2.24) is 5.32 Å². The molecule has 0 spiro atoms. The molecule has 2 N–H and O–H groups in total. The van der Waals surface area contributed by atoms with Crippen molar-refractivity contribution >= 4 is 17.5 Å². The summed E-state index contributed by atoms with van der Waals surface area (Å²) in [5.74, 6) is -0.120. The molecule has 1 aliphatic heterocycles. The highest BCUT2D eigenvalue weighted by Crippen LogP contribution is 2.20. The standard InChI is InChI=1S/C20H22N2O2/c1-14(16-5-3-2-4-6-16)13-21-18-9-7-15(8-10-18)11-17-12-19(23)22-20(17)24/h2-10,14,17,21H,11-13H2,1H3,(H,22,23,24)/t14-,17-/m1/s1. The number of amides is 2. The van der Waals surface area contributed by atoms with Crippen LogP contribution in [0.25, 0.3) is 0 Å². The maximum atomic E-state index is 11.6. The maximum Gasteiger partial charge on any atom is 0.230 e. The van der Waals surface area contributed by atoms with E-state index in [9.17, 15) is 9.59 Å². The Morgan fingerprint density at radius 2 is 1.79 bits per heavy atom. The van der Waals surface area contributed by atoms with Gasteiger partial charge in [0, 0.05) is 18.7 Å². The van der Waals surface area contributed by atoms with Crippen LogP contribution in [0.4, 0.5) is 5.69 Å². The summed E-state index contributed by atoms with van der Waals surface area (Å²) < 4.78 is 0. The van der Waals surface area contributed by atoms with Crippen molar-refractivity contribution in [2.24, 2.45) is 5.92 Å². The van der Waals surface area contributed by atoms with Crippen LogP contribution in [0.5, 0.6) is 0 Å². The third-order valence-electron chi connectivity index (χ3n) is 4.48. The highest BCUT2D eigenvalue weighted by molar-refractivity contribution is 6.03. The molecule has 0 radical (unpaired) electrons. The summed E-state index contributed by atoms with van der Waals surface area (Å²) in [5.41, 5.74) is 3.46. The Morgan fingerprint density at radius 1 is 1.08 bits per heavy atom. The Balaban J connectivity index is 1.53. The molecule has 2 atom stereocenters. The van der Waals surface area contributed by atoms with Gasteiger partial charge >= 0.3 is 0 Å². The summed E-state index contributed by atoms with van der Waals surface area (Å²) in [6.45, 7) is 3.06. The van der Waals surface area contributed by atoms with Crippen LogP contribution in [0.15, 0.2) is 54.6 Å². The van der Waals surface area contributed by atoms with E-state index in [2.05, 4.69) is 41.8 Å². The van der Waals surface area contributed by atoms with Gasteiger partial charge in [-0.15, -0.1) is 0 Å². The molecule has 1 aliphatic rings. The molecule has 0 unspecified atom stereocenters. The van der Waals surface area contributed by atoms with Gasteiger partial charge in [-0.3, -0.25) is 14.9 Å². The molecule has 2 amide bonds. The van der Waals surface area contributed by atoms with Gasteiger partial charge < -0.3 is 5.32 Å². The van der Waals surface area contributed by atoms with Gasteiger partial charge in [-0.25, -0.2) is 0 Å². The van der Waals surface area contributed by atoms with Gasteiger partial charge in [-0.2, -0.15) is 0 Å². The number of imide groups is 1. The quantitative estimate of drug-likeness (QED) is 0.804. The number of rotatable bonds is 6.